The zero-order valence-corrected chi connectivity index (χ0v) is 17.5. The second kappa shape index (κ2) is 6.81. The summed E-state index contributed by atoms with van der Waals surface area (Å²) in [5.74, 6) is 0.748. The molecule has 0 spiro atoms. The van der Waals surface area contributed by atoms with Gasteiger partial charge in [0.2, 0.25) is 0 Å². The van der Waals surface area contributed by atoms with Crippen LogP contribution in [0.25, 0.3) is 11.0 Å². The predicted octanol–water partition coefficient (Wildman–Crippen LogP) is 4.14. The van der Waals surface area contributed by atoms with Gasteiger partial charge >= 0.3 is 0 Å². The van der Waals surface area contributed by atoms with Crippen molar-refractivity contribution in [2.45, 2.75) is 50.5 Å². The molecule has 4 heterocycles. The molecule has 29 heavy (non-hydrogen) atoms. The smallest absolute Gasteiger partial charge is 0.271 e. The fourth-order valence-corrected chi connectivity index (χ4v) is 5.36. The molecular weight excluding hydrogens is 386 g/mol. The number of rotatable bonds is 2. The standard InChI is InChI=1S/C21H23N5O2S/c1-12-24-19-17(20(27)25-26(19)14-6-9-28-21(2,3)11-14)18(29-12)13-4-5-15-16(10-13)23-8-7-22-15/h4-5,7-8,10,14,18H,6,9,11H2,1-3H3,(H,25,27). The number of hydrogen-bond donors (Lipinski definition) is 1. The third kappa shape index (κ3) is 3.30. The molecular formula is C21H23N5O2S. The maximum absolute atomic E-state index is 13.0. The Hall–Kier alpha value is -2.45. The second-order valence-electron chi connectivity index (χ2n) is 8.24. The lowest BCUT2D eigenvalue weighted by Gasteiger charge is -2.36. The molecule has 0 aliphatic carbocycles. The van der Waals surface area contributed by atoms with Gasteiger partial charge < -0.3 is 4.74 Å². The molecule has 8 heteroatoms. The number of aromatic amines is 1. The summed E-state index contributed by atoms with van der Waals surface area (Å²) in [6.07, 6.45) is 5.07. The lowest BCUT2D eigenvalue weighted by atomic mass is 9.94. The average Bonchev–Trinajstić information content (AvgIpc) is 3.02. The molecule has 2 unspecified atom stereocenters. The first kappa shape index (κ1) is 18.6. The van der Waals surface area contributed by atoms with Crippen LogP contribution in [0.5, 0.6) is 0 Å². The second-order valence-corrected chi connectivity index (χ2v) is 9.53. The first-order valence-corrected chi connectivity index (χ1v) is 10.7. The maximum atomic E-state index is 13.0. The summed E-state index contributed by atoms with van der Waals surface area (Å²) in [5, 5.41) is 3.90. The maximum Gasteiger partial charge on any atom is 0.271 e. The summed E-state index contributed by atoms with van der Waals surface area (Å²) in [5.41, 5.74) is 3.14. The molecule has 2 atom stereocenters. The molecule has 2 aliphatic rings. The van der Waals surface area contributed by atoms with Crippen LogP contribution in [0.4, 0.5) is 5.82 Å². The zero-order chi connectivity index (χ0) is 20.2. The fraction of sp³-hybridized carbons (Fsp3) is 0.429. The summed E-state index contributed by atoms with van der Waals surface area (Å²) >= 11 is 1.61. The first-order chi connectivity index (χ1) is 13.9. The van der Waals surface area contributed by atoms with Crippen molar-refractivity contribution < 1.29 is 4.74 Å². The summed E-state index contributed by atoms with van der Waals surface area (Å²) in [6, 6.07) is 6.19. The van der Waals surface area contributed by atoms with Crippen LogP contribution < -0.4 is 5.56 Å². The Morgan fingerprint density at radius 1 is 1.24 bits per heavy atom. The van der Waals surface area contributed by atoms with Crippen LogP contribution in [0.3, 0.4) is 0 Å². The van der Waals surface area contributed by atoms with E-state index >= 15 is 0 Å². The van der Waals surface area contributed by atoms with Gasteiger partial charge in [0.15, 0.2) is 5.82 Å². The highest BCUT2D eigenvalue weighted by Crippen LogP contribution is 2.45. The van der Waals surface area contributed by atoms with Crippen molar-refractivity contribution in [2.24, 2.45) is 4.99 Å². The van der Waals surface area contributed by atoms with E-state index in [1.807, 2.05) is 29.8 Å². The Morgan fingerprint density at radius 3 is 2.83 bits per heavy atom. The molecule has 1 aromatic carbocycles. The summed E-state index contributed by atoms with van der Waals surface area (Å²) in [4.78, 5) is 26.6. The number of H-pyrrole nitrogens is 1. The number of aromatic nitrogens is 4. The molecule has 2 aromatic heterocycles. The van der Waals surface area contributed by atoms with Gasteiger partial charge in [-0.2, -0.15) is 0 Å². The van der Waals surface area contributed by atoms with Crippen LogP contribution in [-0.4, -0.2) is 37.0 Å². The zero-order valence-electron chi connectivity index (χ0n) is 16.7. The molecule has 2 aliphatic heterocycles. The van der Waals surface area contributed by atoms with Gasteiger partial charge in [-0.05, 0) is 51.3 Å². The molecule has 7 nitrogen and oxygen atoms in total. The molecule has 1 fully saturated rings. The molecule has 0 radical (unpaired) electrons. The number of ether oxygens (including phenoxy) is 1. The molecule has 3 aromatic rings. The summed E-state index contributed by atoms with van der Waals surface area (Å²) in [6.45, 7) is 6.86. The minimum absolute atomic E-state index is 0.0720. The van der Waals surface area contributed by atoms with E-state index < -0.39 is 0 Å². The van der Waals surface area contributed by atoms with Gasteiger partial charge in [-0.25, -0.2) is 4.99 Å². The molecule has 0 amide bonds. The van der Waals surface area contributed by atoms with Crippen LogP contribution in [0.2, 0.25) is 0 Å². The van der Waals surface area contributed by atoms with Crippen molar-refractivity contribution in [3.8, 4) is 0 Å². The van der Waals surface area contributed by atoms with E-state index in [2.05, 4.69) is 28.9 Å². The Labute approximate surface area is 172 Å². The lowest BCUT2D eigenvalue weighted by Crippen LogP contribution is -2.35. The van der Waals surface area contributed by atoms with Crippen molar-refractivity contribution in [1.29, 1.82) is 0 Å². The number of thioether (sulfide) groups is 1. The highest BCUT2D eigenvalue weighted by atomic mass is 32.2. The fourth-order valence-electron chi connectivity index (χ4n) is 4.27. The van der Waals surface area contributed by atoms with E-state index in [-0.39, 0.29) is 22.5 Å². The topological polar surface area (TPSA) is 85.2 Å². The highest BCUT2D eigenvalue weighted by Gasteiger charge is 2.35. The van der Waals surface area contributed by atoms with E-state index in [1.165, 1.54) is 0 Å². The Morgan fingerprint density at radius 2 is 2.03 bits per heavy atom. The summed E-state index contributed by atoms with van der Waals surface area (Å²) in [7, 11) is 0. The van der Waals surface area contributed by atoms with Crippen molar-refractivity contribution in [1.82, 2.24) is 19.7 Å². The summed E-state index contributed by atoms with van der Waals surface area (Å²) < 4.78 is 7.83. The van der Waals surface area contributed by atoms with E-state index in [0.717, 1.165) is 40.3 Å². The molecule has 1 N–H and O–H groups in total. The van der Waals surface area contributed by atoms with Crippen LogP contribution in [0, 0.1) is 0 Å². The van der Waals surface area contributed by atoms with Crippen LogP contribution >= 0.6 is 11.8 Å². The normalized spacial score (nSPS) is 23.6. The van der Waals surface area contributed by atoms with Crippen LogP contribution in [0.1, 0.15) is 56.0 Å². The van der Waals surface area contributed by atoms with Gasteiger partial charge in [-0.15, -0.1) is 0 Å². The van der Waals surface area contributed by atoms with Crippen LogP contribution in [0.15, 0.2) is 40.4 Å². The number of hydrogen-bond acceptors (Lipinski definition) is 6. The van der Waals surface area contributed by atoms with Crippen molar-refractivity contribution in [3.63, 3.8) is 0 Å². The van der Waals surface area contributed by atoms with Gasteiger partial charge in [-0.3, -0.25) is 24.5 Å². The van der Waals surface area contributed by atoms with E-state index in [1.54, 1.807) is 24.2 Å². The largest absolute Gasteiger partial charge is 0.375 e. The first-order valence-electron chi connectivity index (χ1n) is 9.82. The van der Waals surface area contributed by atoms with E-state index in [0.29, 0.717) is 12.2 Å². The quantitative estimate of drug-likeness (QED) is 0.688. The van der Waals surface area contributed by atoms with Gasteiger partial charge in [0.1, 0.15) is 0 Å². The number of nitrogens with one attached hydrogen (secondary N) is 1. The molecule has 0 bridgehead atoms. The Balaban J connectivity index is 1.61. The minimum Gasteiger partial charge on any atom is -0.375 e. The predicted molar refractivity (Wildman–Crippen MR) is 115 cm³/mol. The van der Waals surface area contributed by atoms with Gasteiger partial charge in [-0.1, -0.05) is 17.8 Å². The average molecular weight is 410 g/mol. The molecule has 5 rings (SSSR count). The van der Waals surface area contributed by atoms with Crippen molar-refractivity contribution in [2.75, 3.05) is 6.61 Å². The lowest BCUT2D eigenvalue weighted by molar-refractivity contribution is -0.0705. The van der Waals surface area contributed by atoms with Crippen molar-refractivity contribution in [3.05, 3.63) is 52.1 Å². The number of benzene rings is 1. The third-order valence-corrected chi connectivity index (χ3v) is 6.76. The number of aliphatic imine (C=N–C) groups is 1. The monoisotopic (exact) mass is 409 g/mol. The van der Waals surface area contributed by atoms with E-state index in [9.17, 15) is 4.79 Å². The number of fused-ring (bicyclic) bond motifs is 2. The number of nitrogens with zero attached hydrogens (tertiary/aromatic N) is 4. The van der Waals surface area contributed by atoms with Crippen LogP contribution in [-0.2, 0) is 4.74 Å². The highest BCUT2D eigenvalue weighted by molar-refractivity contribution is 8.14. The molecule has 150 valence electrons. The van der Waals surface area contributed by atoms with Crippen molar-refractivity contribution >= 4 is 33.7 Å². The SMILES string of the molecule is CC1=Nc2c(c(=O)[nH]n2C2CCOC(C)(C)C2)C(c2ccc3nccnc3c2)S1. The minimum atomic E-state index is -0.213. The Bertz CT molecular complexity index is 1180. The Kier molecular flexibility index (Phi) is 4.36. The van der Waals surface area contributed by atoms with Gasteiger partial charge in [0.25, 0.3) is 5.56 Å². The molecule has 0 saturated carbocycles. The van der Waals surface area contributed by atoms with Gasteiger partial charge in [0.05, 0.1) is 38.5 Å². The molecule has 1 saturated heterocycles. The third-order valence-electron chi connectivity index (χ3n) is 5.58. The van der Waals surface area contributed by atoms with Gasteiger partial charge in [0, 0.05) is 19.0 Å². The van der Waals surface area contributed by atoms with E-state index in [4.69, 9.17) is 9.73 Å².